The van der Waals surface area contributed by atoms with Crippen molar-refractivity contribution in [2.24, 2.45) is 7.05 Å². The maximum Gasteiger partial charge on any atom is 0.272 e. The third-order valence-corrected chi connectivity index (χ3v) is 4.16. The van der Waals surface area contributed by atoms with Crippen LogP contribution in [-0.2, 0) is 11.8 Å². The largest absolute Gasteiger partial charge is 0.382 e. The molecule has 130 valence electrons. The van der Waals surface area contributed by atoms with E-state index >= 15 is 0 Å². The Morgan fingerprint density at radius 1 is 1.36 bits per heavy atom. The summed E-state index contributed by atoms with van der Waals surface area (Å²) in [5.41, 5.74) is 2.87. The number of aromatic nitrogens is 4. The smallest absolute Gasteiger partial charge is 0.272 e. The second-order valence-electron chi connectivity index (χ2n) is 5.81. The Hall–Kier alpha value is -2.93. The quantitative estimate of drug-likeness (QED) is 0.747. The molecule has 3 aromatic rings. The van der Waals surface area contributed by atoms with Crippen LogP contribution in [0.3, 0.4) is 0 Å². The molecule has 1 atom stereocenters. The van der Waals surface area contributed by atoms with Gasteiger partial charge in [0, 0.05) is 33.6 Å². The number of methoxy groups -OCH3 is 1. The van der Waals surface area contributed by atoms with E-state index in [1.54, 1.807) is 31.3 Å². The van der Waals surface area contributed by atoms with Gasteiger partial charge >= 0.3 is 0 Å². The maximum absolute atomic E-state index is 12.9. The molecule has 7 heteroatoms. The fraction of sp³-hybridized carbons (Fsp3) is 0.278. The Balaban J connectivity index is 1.84. The normalized spacial score (nSPS) is 12.1. The van der Waals surface area contributed by atoms with Crippen molar-refractivity contribution in [2.45, 2.75) is 6.04 Å². The summed E-state index contributed by atoms with van der Waals surface area (Å²) < 4.78 is 7.24. The second kappa shape index (κ2) is 7.31. The van der Waals surface area contributed by atoms with Gasteiger partial charge in [-0.3, -0.25) is 14.9 Å². The fourth-order valence-electron chi connectivity index (χ4n) is 2.75. The van der Waals surface area contributed by atoms with Crippen molar-refractivity contribution in [3.63, 3.8) is 0 Å². The number of nitrogens with zero attached hydrogens (tertiary/aromatic N) is 4. The molecule has 0 bridgehead atoms. The number of ether oxygens (including phenoxy) is 1. The third kappa shape index (κ3) is 3.46. The van der Waals surface area contributed by atoms with Crippen LogP contribution in [0, 0.1) is 0 Å². The van der Waals surface area contributed by atoms with Gasteiger partial charge in [-0.05, 0) is 30.3 Å². The molecule has 7 nitrogen and oxygen atoms in total. The molecule has 3 aromatic heterocycles. The summed E-state index contributed by atoms with van der Waals surface area (Å²) in [5.74, 6) is -0.166. The van der Waals surface area contributed by atoms with Crippen LogP contribution in [0.4, 0.5) is 0 Å². The zero-order valence-corrected chi connectivity index (χ0v) is 14.5. The standard InChI is InChI=1S/C18H21N5O2/c1-22-10-6-8-16(22)14-11-15(21-20-14)18(24)23(2)17(12-25-3)13-7-4-5-9-19-13/h4-11,17H,12H2,1-3H3,(H,20,21)/t17-/m1/s1. The number of nitrogens with one attached hydrogen (secondary N) is 1. The summed E-state index contributed by atoms with van der Waals surface area (Å²) in [4.78, 5) is 18.8. The zero-order chi connectivity index (χ0) is 17.8. The van der Waals surface area contributed by atoms with Gasteiger partial charge in [0.2, 0.25) is 0 Å². The summed E-state index contributed by atoms with van der Waals surface area (Å²) in [7, 11) is 5.29. The Bertz CT molecular complexity index is 840. The van der Waals surface area contributed by atoms with Crippen molar-refractivity contribution < 1.29 is 9.53 Å². The highest BCUT2D eigenvalue weighted by Gasteiger charge is 2.25. The average Bonchev–Trinajstić information content (AvgIpc) is 3.28. The SMILES string of the molecule is COC[C@H](c1ccccn1)N(C)C(=O)c1cc(-c2cccn2C)n[nH]1. The molecule has 0 radical (unpaired) electrons. The predicted molar refractivity (Wildman–Crippen MR) is 93.9 cm³/mol. The van der Waals surface area contributed by atoms with Crippen LogP contribution >= 0.6 is 0 Å². The van der Waals surface area contributed by atoms with E-state index < -0.39 is 0 Å². The van der Waals surface area contributed by atoms with E-state index in [2.05, 4.69) is 15.2 Å². The van der Waals surface area contributed by atoms with Crippen molar-refractivity contribution >= 4 is 5.91 Å². The number of hydrogen-bond acceptors (Lipinski definition) is 4. The van der Waals surface area contributed by atoms with Crippen LogP contribution in [0.2, 0.25) is 0 Å². The van der Waals surface area contributed by atoms with Crippen molar-refractivity contribution in [1.82, 2.24) is 24.6 Å². The second-order valence-corrected chi connectivity index (χ2v) is 5.81. The highest BCUT2D eigenvalue weighted by Crippen LogP contribution is 2.22. The fourth-order valence-corrected chi connectivity index (χ4v) is 2.75. The van der Waals surface area contributed by atoms with Gasteiger partial charge in [-0.25, -0.2) is 0 Å². The number of aromatic amines is 1. The molecular formula is C18H21N5O2. The molecular weight excluding hydrogens is 318 g/mol. The van der Waals surface area contributed by atoms with Crippen LogP contribution in [-0.4, -0.2) is 51.3 Å². The average molecular weight is 339 g/mol. The van der Waals surface area contributed by atoms with Gasteiger partial charge in [0.25, 0.3) is 5.91 Å². The van der Waals surface area contributed by atoms with Gasteiger partial charge in [-0.1, -0.05) is 6.07 Å². The van der Waals surface area contributed by atoms with Gasteiger partial charge in [0.05, 0.1) is 24.0 Å². The van der Waals surface area contributed by atoms with Crippen LogP contribution in [0.15, 0.2) is 48.8 Å². The molecule has 0 aromatic carbocycles. The Morgan fingerprint density at radius 2 is 2.20 bits per heavy atom. The summed E-state index contributed by atoms with van der Waals surface area (Å²) >= 11 is 0. The van der Waals surface area contributed by atoms with Crippen LogP contribution in [0.25, 0.3) is 11.4 Å². The number of rotatable bonds is 6. The van der Waals surface area contributed by atoms with Crippen molar-refractivity contribution in [1.29, 1.82) is 0 Å². The minimum absolute atomic E-state index is 0.166. The number of carbonyl (C=O) groups excluding carboxylic acids is 1. The number of aryl methyl sites for hydroxylation is 1. The summed E-state index contributed by atoms with van der Waals surface area (Å²) in [6, 6.07) is 11.0. The molecule has 1 amide bonds. The van der Waals surface area contributed by atoms with Crippen LogP contribution < -0.4 is 0 Å². The van der Waals surface area contributed by atoms with E-state index in [0.29, 0.717) is 12.3 Å². The van der Waals surface area contributed by atoms with E-state index in [1.165, 1.54) is 0 Å². The lowest BCUT2D eigenvalue weighted by Gasteiger charge is -2.26. The first-order valence-corrected chi connectivity index (χ1v) is 7.96. The molecule has 0 fully saturated rings. The minimum Gasteiger partial charge on any atom is -0.382 e. The summed E-state index contributed by atoms with van der Waals surface area (Å²) in [6.07, 6.45) is 3.65. The number of amides is 1. The molecule has 0 saturated carbocycles. The molecule has 1 N–H and O–H groups in total. The van der Waals surface area contributed by atoms with Crippen LogP contribution in [0.1, 0.15) is 22.2 Å². The molecule has 0 unspecified atom stereocenters. The molecule has 0 saturated heterocycles. The van der Waals surface area contributed by atoms with Gasteiger partial charge < -0.3 is 14.2 Å². The number of pyridine rings is 1. The highest BCUT2D eigenvalue weighted by molar-refractivity contribution is 5.93. The van der Waals surface area contributed by atoms with Crippen LogP contribution in [0.5, 0.6) is 0 Å². The third-order valence-electron chi connectivity index (χ3n) is 4.16. The summed E-state index contributed by atoms with van der Waals surface area (Å²) in [6.45, 7) is 0.359. The molecule has 25 heavy (non-hydrogen) atoms. The number of hydrogen-bond donors (Lipinski definition) is 1. The lowest BCUT2D eigenvalue weighted by molar-refractivity contribution is 0.0589. The number of H-pyrrole nitrogens is 1. The lowest BCUT2D eigenvalue weighted by Crippen LogP contribution is -2.34. The molecule has 0 aliphatic heterocycles. The maximum atomic E-state index is 12.9. The first kappa shape index (κ1) is 16.9. The Morgan fingerprint density at radius 3 is 2.84 bits per heavy atom. The molecule has 0 aliphatic carbocycles. The molecule has 3 heterocycles. The molecule has 0 spiro atoms. The van der Waals surface area contributed by atoms with Gasteiger partial charge in [0.15, 0.2) is 0 Å². The topological polar surface area (TPSA) is 76.0 Å². The van der Waals surface area contributed by atoms with Crippen molar-refractivity contribution in [3.8, 4) is 11.4 Å². The first-order chi connectivity index (χ1) is 12.1. The molecule has 3 rings (SSSR count). The van der Waals surface area contributed by atoms with Crippen molar-refractivity contribution in [3.05, 3.63) is 60.2 Å². The van der Waals surface area contributed by atoms with E-state index in [0.717, 1.165) is 17.1 Å². The number of carbonyl (C=O) groups is 1. The Kier molecular flexibility index (Phi) is 4.95. The molecule has 0 aliphatic rings. The predicted octanol–water partition coefficient (Wildman–Crippen LogP) is 2.27. The first-order valence-electron chi connectivity index (χ1n) is 7.96. The van der Waals surface area contributed by atoms with Gasteiger partial charge in [-0.2, -0.15) is 5.10 Å². The van der Waals surface area contributed by atoms with Gasteiger partial charge in [-0.15, -0.1) is 0 Å². The monoisotopic (exact) mass is 339 g/mol. The Labute approximate surface area is 146 Å². The zero-order valence-electron chi connectivity index (χ0n) is 14.5. The minimum atomic E-state index is -0.277. The van der Waals surface area contributed by atoms with E-state index in [1.807, 2.05) is 48.1 Å². The van der Waals surface area contributed by atoms with Crippen molar-refractivity contribution in [2.75, 3.05) is 20.8 Å². The highest BCUT2D eigenvalue weighted by atomic mass is 16.5. The summed E-state index contributed by atoms with van der Waals surface area (Å²) in [5, 5.41) is 7.10. The van der Waals surface area contributed by atoms with E-state index in [-0.39, 0.29) is 11.9 Å². The van der Waals surface area contributed by atoms with E-state index in [9.17, 15) is 4.79 Å². The number of likely N-dealkylation sites (N-methyl/N-ethyl adjacent to an activating group) is 1. The van der Waals surface area contributed by atoms with Gasteiger partial charge in [0.1, 0.15) is 11.4 Å². The lowest BCUT2D eigenvalue weighted by atomic mass is 10.1. The van der Waals surface area contributed by atoms with E-state index in [4.69, 9.17) is 4.74 Å².